The monoisotopic (exact) mass is 448 g/mol. The topological polar surface area (TPSA) is 69.9 Å². The second-order valence-electron chi connectivity index (χ2n) is 9.60. The minimum Gasteiger partial charge on any atom is -0.507 e. The zero-order valence-corrected chi connectivity index (χ0v) is 20.4. The summed E-state index contributed by atoms with van der Waals surface area (Å²) >= 11 is 0. The van der Waals surface area contributed by atoms with Crippen LogP contribution in [0.2, 0.25) is 0 Å². The Labute approximate surface area is 197 Å². The lowest BCUT2D eigenvalue weighted by Crippen LogP contribution is -2.19. The number of rotatable bonds is 7. The highest BCUT2D eigenvalue weighted by Crippen LogP contribution is 2.45. The smallest absolute Gasteiger partial charge is 0.161 e. The van der Waals surface area contributed by atoms with Crippen molar-refractivity contribution in [2.45, 2.75) is 71.8 Å². The molecular weight excluding hydrogens is 412 g/mol. The molecule has 2 aromatic carbocycles. The van der Waals surface area contributed by atoms with Crippen molar-refractivity contribution in [1.82, 2.24) is 0 Å². The molecular formula is C29H36O4. The molecule has 1 aliphatic heterocycles. The van der Waals surface area contributed by atoms with Gasteiger partial charge >= 0.3 is 0 Å². The first-order valence-corrected chi connectivity index (χ1v) is 11.6. The van der Waals surface area contributed by atoms with Gasteiger partial charge in [-0.25, -0.2) is 0 Å². The second-order valence-corrected chi connectivity index (χ2v) is 9.60. The molecule has 0 amide bonds. The molecule has 1 atom stereocenters. The largest absolute Gasteiger partial charge is 0.507 e. The van der Waals surface area contributed by atoms with Gasteiger partial charge in [-0.05, 0) is 69.7 Å². The van der Waals surface area contributed by atoms with Crippen LogP contribution in [0.25, 0.3) is 0 Å². The first-order valence-electron chi connectivity index (χ1n) is 11.6. The van der Waals surface area contributed by atoms with Crippen LogP contribution in [0.1, 0.15) is 75.0 Å². The SMILES string of the molecule is C=CC(C)(C)c1cc2c(cc1O)OC(c1cc(O)c(O)c(CC=C(C)C)c1C/C=C\C)CC2. The number of hydrogen-bond acceptors (Lipinski definition) is 4. The maximum Gasteiger partial charge on any atom is 0.161 e. The van der Waals surface area contributed by atoms with Crippen LogP contribution in [0.15, 0.2) is 54.7 Å². The molecule has 1 unspecified atom stereocenters. The minimum absolute atomic E-state index is 0.0686. The van der Waals surface area contributed by atoms with Gasteiger partial charge in [0.05, 0.1) is 0 Å². The van der Waals surface area contributed by atoms with E-state index in [1.165, 1.54) is 0 Å². The summed E-state index contributed by atoms with van der Waals surface area (Å²) in [4.78, 5) is 0. The van der Waals surface area contributed by atoms with E-state index in [9.17, 15) is 15.3 Å². The standard InChI is InChI=1S/C29H36O4/c1-7-9-10-20-21(13-11-18(3)4)28(32)25(31)16-22(20)26-14-12-19-15-23(29(5,6)8-2)24(30)17-27(19)33-26/h7-9,11,15-17,26,30-32H,2,10,12-14H2,1,3-6H3/b9-7-. The van der Waals surface area contributed by atoms with Crippen LogP contribution in [0.5, 0.6) is 23.0 Å². The van der Waals surface area contributed by atoms with E-state index in [4.69, 9.17) is 4.74 Å². The van der Waals surface area contributed by atoms with Gasteiger partial charge in [-0.1, -0.05) is 43.7 Å². The van der Waals surface area contributed by atoms with Crippen LogP contribution in [0.3, 0.4) is 0 Å². The van der Waals surface area contributed by atoms with Crippen molar-refractivity contribution in [1.29, 1.82) is 0 Å². The van der Waals surface area contributed by atoms with Crippen LogP contribution in [0, 0.1) is 0 Å². The number of allylic oxidation sites excluding steroid dienone is 5. The average molecular weight is 449 g/mol. The zero-order chi connectivity index (χ0) is 24.3. The summed E-state index contributed by atoms with van der Waals surface area (Å²) in [5, 5.41) is 31.9. The molecule has 1 aliphatic rings. The molecule has 0 aromatic heterocycles. The van der Waals surface area contributed by atoms with Crippen molar-refractivity contribution in [2.75, 3.05) is 0 Å². The van der Waals surface area contributed by atoms with Gasteiger partial charge in [-0.2, -0.15) is 0 Å². The van der Waals surface area contributed by atoms with Crippen molar-refractivity contribution in [3.05, 3.63) is 82.5 Å². The molecule has 1 heterocycles. The van der Waals surface area contributed by atoms with Crippen LogP contribution < -0.4 is 4.74 Å². The number of aromatic hydroxyl groups is 3. The molecule has 0 bridgehead atoms. The molecule has 3 rings (SSSR count). The van der Waals surface area contributed by atoms with Crippen molar-refractivity contribution in [2.24, 2.45) is 0 Å². The van der Waals surface area contributed by atoms with Gasteiger partial charge in [0, 0.05) is 28.2 Å². The van der Waals surface area contributed by atoms with Crippen molar-refractivity contribution in [3.8, 4) is 23.0 Å². The molecule has 33 heavy (non-hydrogen) atoms. The Morgan fingerprint density at radius 2 is 1.82 bits per heavy atom. The number of aryl methyl sites for hydroxylation is 1. The maximum absolute atomic E-state index is 10.7. The summed E-state index contributed by atoms with van der Waals surface area (Å²) in [5.74, 6) is 0.640. The minimum atomic E-state index is -0.349. The number of ether oxygens (including phenoxy) is 1. The Morgan fingerprint density at radius 1 is 1.09 bits per heavy atom. The van der Waals surface area contributed by atoms with E-state index in [1.807, 2.05) is 58.9 Å². The second kappa shape index (κ2) is 9.78. The summed E-state index contributed by atoms with van der Waals surface area (Å²) in [6.45, 7) is 13.9. The summed E-state index contributed by atoms with van der Waals surface area (Å²) in [5.41, 5.74) is 5.26. The third-order valence-corrected chi connectivity index (χ3v) is 6.48. The van der Waals surface area contributed by atoms with E-state index in [0.29, 0.717) is 18.6 Å². The lowest BCUT2D eigenvalue weighted by molar-refractivity contribution is 0.174. The molecule has 2 aromatic rings. The van der Waals surface area contributed by atoms with Crippen LogP contribution in [-0.4, -0.2) is 15.3 Å². The molecule has 176 valence electrons. The van der Waals surface area contributed by atoms with Gasteiger partial charge in [-0.3, -0.25) is 0 Å². The Morgan fingerprint density at radius 3 is 2.45 bits per heavy atom. The molecule has 0 radical (unpaired) electrons. The van der Waals surface area contributed by atoms with Gasteiger partial charge in [0.2, 0.25) is 0 Å². The molecule has 0 fully saturated rings. The summed E-state index contributed by atoms with van der Waals surface area (Å²) in [6.07, 6.45) is 10.3. The molecule has 0 saturated heterocycles. The van der Waals surface area contributed by atoms with Crippen molar-refractivity contribution >= 4 is 0 Å². The molecule has 0 aliphatic carbocycles. The molecule has 0 spiro atoms. The fourth-order valence-corrected chi connectivity index (χ4v) is 4.33. The molecule has 3 N–H and O–H groups in total. The predicted molar refractivity (Wildman–Crippen MR) is 134 cm³/mol. The summed E-state index contributed by atoms with van der Waals surface area (Å²) < 4.78 is 6.38. The van der Waals surface area contributed by atoms with Gasteiger partial charge in [0.15, 0.2) is 11.5 Å². The first-order chi connectivity index (χ1) is 15.6. The van der Waals surface area contributed by atoms with E-state index in [-0.39, 0.29) is 28.8 Å². The average Bonchev–Trinajstić information content (AvgIpc) is 2.77. The van der Waals surface area contributed by atoms with Gasteiger partial charge in [-0.15, -0.1) is 6.58 Å². The van der Waals surface area contributed by atoms with Crippen LogP contribution in [0.4, 0.5) is 0 Å². The highest BCUT2D eigenvalue weighted by atomic mass is 16.5. The molecule has 4 nitrogen and oxygen atoms in total. The quantitative estimate of drug-likeness (QED) is 0.316. The normalized spacial score (nSPS) is 15.7. The first kappa shape index (κ1) is 24.5. The van der Waals surface area contributed by atoms with E-state index in [1.54, 1.807) is 12.1 Å². The van der Waals surface area contributed by atoms with Crippen LogP contribution in [-0.2, 0) is 24.7 Å². The summed E-state index contributed by atoms with van der Waals surface area (Å²) in [7, 11) is 0. The van der Waals surface area contributed by atoms with Crippen molar-refractivity contribution in [3.63, 3.8) is 0 Å². The Hall–Kier alpha value is -3.14. The number of fused-ring (bicyclic) bond motifs is 1. The summed E-state index contributed by atoms with van der Waals surface area (Å²) in [6, 6.07) is 5.33. The fraction of sp³-hybridized carbons (Fsp3) is 0.379. The number of benzene rings is 2. The Balaban J connectivity index is 2.06. The molecule has 4 heteroatoms. The Bertz CT molecular complexity index is 1100. The lowest BCUT2D eigenvalue weighted by Gasteiger charge is -2.31. The van der Waals surface area contributed by atoms with Gasteiger partial charge < -0.3 is 20.1 Å². The zero-order valence-electron chi connectivity index (χ0n) is 20.4. The van der Waals surface area contributed by atoms with Crippen LogP contribution >= 0.6 is 0 Å². The lowest BCUT2D eigenvalue weighted by atomic mass is 9.82. The van der Waals surface area contributed by atoms with Gasteiger partial charge in [0.25, 0.3) is 0 Å². The van der Waals surface area contributed by atoms with E-state index < -0.39 is 0 Å². The highest BCUT2D eigenvalue weighted by Gasteiger charge is 2.29. The molecule has 0 saturated carbocycles. The van der Waals surface area contributed by atoms with Gasteiger partial charge in [0.1, 0.15) is 17.6 Å². The van der Waals surface area contributed by atoms with Crippen molar-refractivity contribution < 1.29 is 20.1 Å². The number of hydrogen-bond donors (Lipinski definition) is 3. The third-order valence-electron chi connectivity index (χ3n) is 6.48. The number of phenolic OH excluding ortho intramolecular Hbond substituents is 3. The Kier molecular flexibility index (Phi) is 7.26. The van der Waals surface area contributed by atoms with E-state index in [2.05, 4.69) is 12.7 Å². The van der Waals surface area contributed by atoms with E-state index >= 15 is 0 Å². The fourth-order valence-electron chi connectivity index (χ4n) is 4.33. The maximum atomic E-state index is 10.7. The highest BCUT2D eigenvalue weighted by molar-refractivity contribution is 5.56. The van der Waals surface area contributed by atoms with E-state index in [0.717, 1.165) is 46.2 Å². The number of phenols is 3. The predicted octanol–water partition coefficient (Wildman–Crippen LogP) is 6.96. The third kappa shape index (κ3) is 5.11.